The van der Waals surface area contributed by atoms with Gasteiger partial charge in [-0.05, 0) is 70.8 Å². The van der Waals surface area contributed by atoms with Gasteiger partial charge in [-0.15, -0.1) is 24.0 Å². The molecule has 3 N–H and O–H groups in total. The highest BCUT2D eigenvalue weighted by Gasteiger charge is 2.27. The molecule has 2 aromatic rings. The molecule has 0 amide bonds. The van der Waals surface area contributed by atoms with E-state index in [2.05, 4.69) is 39.8 Å². The lowest BCUT2D eigenvalue weighted by Crippen LogP contribution is -2.44. The van der Waals surface area contributed by atoms with E-state index < -0.39 is 5.60 Å². The maximum absolute atomic E-state index is 10.9. The maximum atomic E-state index is 10.9. The molecule has 1 atom stereocenters. The Bertz CT molecular complexity index is 840. The Morgan fingerprint density at radius 3 is 2.35 bits per heavy atom. The minimum Gasteiger partial charge on any atom is -0.466 e. The Hall–Kier alpha value is -1.58. The second-order valence-electron chi connectivity index (χ2n) is 8.45. The van der Waals surface area contributed by atoms with Gasteiger partial charge in [-0.25, -0.2) is 4.99 Å². The van der Waals surface area contributed by atoms with Gasteiger partial charge < -0.3 is 20.2 Å². The van der Waals surface area contributed by atoms with Crippen molar-refractivity contribution in [3.8, 4) is 0 Å². The summed E-state index contributed by atoms with van der Waals surface area (Å²) >= 11 is 0. The van der Waals surface area contributed by atoms with Gasteiger partial charge in [0, 0.05) is 18.7 Å². The van der Waals surface area contributed by atoms with E-state index in [1.54, 1.807) is 6.92 Å². The highest BCUT2D eigenvalue weighted by atomic mass is 127. The molecule has 1 fully saturated rings. The van der Waals surface area contributed by atoms with Crippen molar-refractivity contribution >= 4 is 29.9 Å². The van der Waals surface area contributed by atoms with Crippen LogP contribution < -0.4 is 10.6 Å². The monoisotopic (exact) mass is 540 g/mol. The predicted molar refractivity (Wildman–Crippen MR) is 137 cm³/mol. The number of aliphatic imine (C=N–C) groups is 1. The number of likely N-dealkylation sites (tertiary alicyclic amines) is 1. The highest BCUT2D eigenvalue weighted by Crippen LogP contribution is 2.26. The highest BCUT2D eigenvalue weighted by molar-refractivity contribution is 14.0. The molecule has 7 heteroatoms. The number of nitrogens with zero attached hydrogens (tertiary/aromatic N) is 2. The van der Waals surface area contributed by atoms with Gasteiger partial charge >= 0.3 is 0 Å². The first-order valence-electron chi connectivity index (χ1n) is 11.0. The molecule has 1 saturated heterocycles. The van der Waals surface area contributed by atoms with Crippen molar-refractivity contribution in [1.82, 2.24) is 15.5 Å². The van der Waals surface area contributed by atoms with Crippen molar-refractivity contribution < 1.29 is 9.52 Å². The van der Waals surface area contributed by atoms with Gasteiger partial charge in [0.25, 0.3) is 0 Å². The smallest absolute Gasteiger partial charge is 0.191 e. The zero-order valence-corrected chi connectivity index (χ0v) is 21.5. The molecule has 1 aromatic heterocycles. The van der Waals surface area contributed by atoms with Crippen LogP contribution >= 0.6 is 24.0 Å². The van der Waals surface area contributed by atoms with Gasteiger partial charge in [-0.1, -0.05) is 24.3 Å². The number of rotatable bonds is 8. The lowest BCUT2D eigenvalue weighted by molar-refractivity contribution is 0.0601. The SMILES string of the molecule is CCNC(=NCc1ccc(CN2CCCC2)cc1)NCC(C)(O)c1cc(C)oc1C.I. The summed E-state index contributed by atoms with van der Waals surface area (Å²) in [5.41, 5.74) is 2.29. The van der Waals surface area contributed by atoms with Crippen molar-refractivity contribution in [3.05, 3.63) is 58.5 Å². The van der Waals surface area contributed by atoms with Crippen LogP contribution in [0, 0.1) is 13.8 Å². The molecule has 0 spiro atoms. The van der Waals surface area contributed by atoms with Crippen LogP contribution in [0.5, 0.6) is 0 Å². The largest absolute Gasteiger partial charge is 0.466 e. The standard InChI is InChI=1S/C24H36N4O2.HI/c1-5-25-23(27-17-24(4,29)22-14-18(2)30-19(22)3)26-15-20-8-10-21(11-9-20)16-28-12-6-7-13-28;/h8-11,14,29H,5-7,12-13,15-17H2,1-4H3,(H2,25,26,27);1H. The quantitative estimate of drug-likeness (QED) is 0.268. The van der Waals surface area contributed by atoms with Crippen molar-refractivity contribution in [3.63, 3.8) is 0 Å². The van der Waals surface area contributed by atoms with Gasteiger partial charge in [-0.3, -0.25) is 4.90 Å². The molecule has 1 aromatic carbocycles. The number of aryl methyl sites for hydroxylation is 2. The fourth-order valence-corrected chi connectivity index (χ4v) is 3.98. The Balaban J connectivity index is 0.00000341. The molecule has 2 heterocycles. The molecule has 1 aliphatic rings. The Labute approximate surface area is 203 Å². The minimum absolute atomic E-state index is 0. The number of aliphatic hydroxyl groups is 1. The number of hydrogen-bond acceptors (Lipinski definition) is 4. The van der Waals surface area contributed by atoms with E-state index >= 15 is 0 Å². The van der Waals surface area contributed by atoms with Crippen LogP contribution in [0.1, 0.15) is 54.9 Å². The van der Waals surface area contributed by atoms with E-state index in [1.165, 1.54) is 37.1 Å². The lowest BCUT2D eigenvalue weighted by Gasteiger charge is -2.24. The van der Waals surface area contributed by atoms with Crippen molar-refractivity contribution in [2.45, 2.75) is 59.2 Å². The van der Waals surface area contributed by atoms with Crippen molar-refractivity contribution in [2.24, 2.45) is 4.99 Å². The van der Waals surface area contributed by atoms with E-state index in [0.717, 1.165) is 30.2 Å². The second-order valence-corrected chi connectivity index (χ2v) is 8.45. The third-order valence-electron chi connectivity index (χ3n) is 5.61. The second kappa shape index (κ2) is 11.9. The normalized spacial score (nSPS) is 16.6. The fraction of sp³-hybridized carbons (Fsp3) is 0.542. The Kier molecular flexibility index (Phi) is 9.84. The maximum Gasteiger partial charge on any atom is 0.191 e. The summed E-state index contributed by atoms with van der Waals surface area (Å²) in [6.07, 6.45) is 2.64. The number of nitrogens with one attached hydrogen (secondary N) is 2. The summed E-state index contributed by atoms with van der Waals surface area (Å²) < 4.78 is 5.58. The molecule has 6 nitrogen and oxygen atoms in total. The molecule has 0 aliphatic carbocycles. The van der Waals surface area contributed by atoms with Gasteiger partial charge in [0.15, 0.2) is 5.96 Å². The summed E-state index contributed by atoms with van der Waals surface area (Å²) in [5, 5.41) is 17.4. The Morgan fingerprint density at radius 1 is 1.13 bits per heavy atom. The topological polar surface area (TPSA) is 73.0 Å². The first-order valence-corrected chi connectivity index (χ1v) is 11.0. The van der Waals surface area contributed by atoms with Crippen LogP contribution in [0.4, 0.5) is 0 Å². The molecule has 31 heavy (non-hydrogen) atoms. The molecule has 1 aliphatic heterocycles. The van der Waals surface area contributed by atoms with Gasteiger partial charge in [0.2, 0.25) is 0 Å². The van der Waals surface area contributed by atoms with E-state index in [4.69, 9.17) is 9.41 Å². The third-order valence-corrected chi connectivity index (χ3v) is 5.61. The molecular formula is C24H37IN4O2. The van der Waals surface area contributed by atoms with Crippen LogP contribution in [0.2, 0.25) is 0 Å². The van der Waals surface area contributed by atoms with Gasteiger partial charge in [0.1, 0.15) is 17.1 Å². The van der Waals surface area contributed by atoms with Gasteiger partial charge in [-0.2, -0.15) is 0 Å². The number of guanidine groups is 1. The van der Waals surface area contributed by atoms with Gasteiger partial charge in [0.05, 0.1) is 13.1 Å². The third kappa shape index (κ3) is 7.50. The molecular weight excluding hydrogens is 503 g/mol. The number of halogens is 1. The summed E-state index contributed by atoms with van der Waals surface area (Å²) in [4.78, 5) is 7.20. The molecule has 3 rings (SSSR count). The molecule has 172 valence electrons. The van der Waals surface area contributed by atoms with E-state index in [9.17, 15) is 5.11 Å². The molecule has 1 unspecified atom stereocenters. The lowest BCUT2D eigenvalue weighted by atomic mass is 9.96. The first kappa shape index (κ1) is 25.7. The first-order chi connectivity index (χ1) is 14.4. The zero-order chi connectivity index (χ0) is 21.6. The van der Waals surface area contributed by atoms with Crippen LogP contribution in [0.25, 0.3) is 0 Å². The van der Waals surface area contributed by atoms with Crippen LogP contribution in [-0.4, -0.2) is 42.1 Å². The van der Waals surface area contributed by atoms with E-state index in [-0.39, 0.29) is 24.0 Å². The number of hydrogen-bond donors (Lipinski definition) is 3. The van der Waals surface area contributed by atoms with Crippen LogP contribution in [-0.2, 0) is 18.7 Å². The fourth-order valence-electron chi connectivity index (χ4n) is 3.98. The number of benzene rings is 1. The van der Waals surface area contributed by atoms with Crippen molar-refractivity contribution in [1.29, 1.82) is 0 Å². The number of furan rings is 1. The Morgan fingerprint density at radius 2 is 1.77 bits per heavy atom. The summed E-state index contributed by atoms with van der Waals surface area (Å²) in [7, 11) is 0. The van der Waals surface area contributed by atoms with Crippen molar-refractivity contribution in [2.75, 3.05) is 26.2 Å². The van der Waals surface area contributed by atoms with Crippen LogP contribution in [0.3, 0.4) is 0 Å². The zero-order valence-electron chi connectivity index (χ0n) is 19.2. The predicted octanol–water partition coefficient (Wildman–Crippen LogP) is 4.07. The minimum atomic E-state index is -1.05. The summed E-state index contributed by atoms with van der Waals surface area (Å²) in [6, 6.07) is 10.6. The van der Waals surface area contributed by atoms with Crippen LogP contribution in [0.15, 0.2) is 39.7 Å². The van der Waals surface area contributed by atoms with E-state index in [0.29, 0.717) is 19.0 Å². The molecule has 0 bridgehead atoms. The molecule has 0 radical (unpaired) electrons. The summed E-state index contributed by atoms with van der Waals surface area (Å²) in [5.74, 6) is 2.24. The van der Waals surface area contributed by atoms with E-state index in [1.807, 2.05) is 26.8 Å². The molecule has 0 saturated carbocycles. The average Bonchev–Trinajstić information content (AvgIpc) is 3.34. The average molecular weight is 540 g/mol. The summed E-state index contributed by atoms with van der Waals surface area (Å²) in [6.45, 7) is 12.7.